The quantitative estimate of drug-likeness (QED) is 0.481. The summed E-state index contributed by atoms with van der Waals surface area (Å²) in [6, 6.07) is 5.46. The molecule has 0 bridgehead atoms. The predicted octanol–water partition coefficient (Wildman–Crippen LogP) is 4.35. The van der Waals surface area contributed by atoms with Crippen LogP contribution in [0.2, 0.25) is 5.02 Å². The zero-order valence-electron chi connectivity index (χ0n) is 17.1. The molecule has 0 N–H and O–H groups in total. The van der Waals surface area contributed by atoms with Crippen LogP contribution in [0.25, 0.3) is 28.1 Å². The van der Waals surface area contributed by atoms with Crippen molar-refractivity contribution in [2.24, 2.45) is 0 Å². The molecule has 30 heavy (non-hydrogen) atoms. The summed E-state index contributed by atoms with van der Waals surface area (Å²) in [5.41, 5.74) is 1.48. The minimum atomic E-state index is -0.556. The smallest absolute Gasteiger partial charge is 0.278 e. The number of para-hydroxylation sites is 1. The molecule has 0 saturated heterocycles. The molecule has 1 fully saturated rings. The normalized spacial score (nSPS) is 16.3. The highest BCUT2D eigenvalue weighted by molar-refractivity contribution is 6.35. The predicted molar refractivity (Wildman–Crippen MR) is 113 cm³/mol. The summed E-state index contributed by atoms with van der Waals surface area (Å²) in [6.45, 7) is 3.90. The Morgan fingerprint density at radius 2 is 2.00 bits per heavy atom. The lowest BCUT2D eigenvalue weighted by Crippen LogP contribution is -2.25. The summed E-state index contributed by atoms with van der Waals surface area (Å²) in [5.74, 6) is 0.719. The van der Waals surface area contributed by atoms with Gasteiger partial charge >= 0.3 is 0 Å². The van der Waals surface area contributed by atoms with Gasteiger partial charge < -0.3 is 13.8 Å². The summed E-state index contributed by atoms with van der Waals surface area (Å²) in [4.78, 5) is 22.6. The van der Waals surface area contributed by atoms with Gasteiger partial charge in [0.1, 0.15) is 23.1 Å². The number of fused-ring (bicyclic) bond motifs is 3. The van der Waals surface area contributed by atoms with Crippen LogP contribution in [0.3, 0.4) is 0 Å². The second-order valence-corrected chi connectivity index (χ2v) is 8.42. The number of aromatic nitrogens is 5. The molecule has 0 radical (unpaired) electrons. The molecule has 4 aromatic rings. The van der Waals surface area contributed by atoms with Gasteiger partial charge in [0.15, 0.2) is 0 Å². The summed E-state index contributed by atoms with van der Waals surface area (Å²) >= 11 is 6.46. The Kier molecular flexibility index (Phi) is 4.44. The minimum Gasteiger partial charge on any atom is -0.368 e. The van der Waals surface area contributed by atoms with E-state index >= 15 is 0 Å². The number of benzene rings is 1. The van der Waals surface area contributed by atoms with E-state index in [-0.39, 0.29) is 17.4 Å². The van der Waals surface area contributed by atoms with Gasteiger partial charge in [0.2, 0.25) is 5.82 Å². The third-order valence-corrected chi connectivity index (χ3v) is 6.31. The monoisotopic (exact) mass is 427 g/mol. The van der Waals surface area contributed by atoms with Crippen molar-refractivity contribution in [2.45, 2.75) is 51.2 Å². The molecule has 1 saturated carbocycles. The fraction of sp³-hybridized carbons (Fsp3) is 0.429. The van der Waals surface area contributed by atoms with Crippen LogP contribution < -0.4 is 5.56 Å². The number of imidazole rings is 1. The largest absolute Gasteiger partial charge is 0.368 e. The van der Waals surface area contributed by atoms with Crippen molar-refractivity contribution >= 4 is 28.2 Å². The maximum absolute atomic E-state index is 13.5. The lowest BCUT2D eigenvalue weighted by atomic mass is 10.0. The Morgan fingerprint density at radius 1 is 1.23 bits per heavy atom. The first kappa shape index (κ1) is 19.3. The van der Waals surface area contributed by atoms with Crippen molar-refractivity contribution in [3.05, 3.63) is 45.8 Å². The highest BCUT2D eigenvalue weighted by Gasteiger charge is 2.41. The van der Waals surface area contributed by atoms with Crippen molar-refractivity contribution in [1.29, 1.82) is 0 Å². The number of ether oxygens (including phenoxy) is 1. The van der Waals surface area contributed by atoms with E-state index in [0.717, 1.165) is 31.2 Å². The summed E-state index contributed by atoms with van der Waals surface area (Å²) in [5, 5.41) is 4.66. The molecule has 1 aliphatic rings. The van der Waals surface area contributed by atoms with E-state index in [1.165, 1.54) is 0 Å². The Balaban J connectivity index is 1.77. The van der Waals surface area contributed by atoms with Gasteiger partial charge in [-0.15, -0.1) is 0 Å². The van der Waals surface area contributed by atoms with Gasteiger partial charge in [0, 0.05) is 13.2 Å². The van der Waals surface area contributed by atoms with E-state index < -0.39 is 5.60 Å². The van der Waals surface area contributed by atoms with E-state index in [2.05, 4.69) is 15.1 Å². The topological polar surface area (TPSA) is 87.5 Å². The van der Waals surface area contributed by atoms with Gasteiger partial charge in [0.05, 0.1) is 16.1 Å². The average Bonchev–Trinajstić information content (AvgIpc) is 3.47. The maximum Gasteiger partial charge on any atom is 0.278 e. The molecule has 8 nitrogen and oxygen atoms in total. The molecular formula is C21H22ClN5O3. The number of halogens is 1. The standard InChI is InChI=1S/C21H22ClN5O3/c1-12(2)27-16-13(22)7-6-8-14(16)26-11-23-15(17(26)19(27)28)18-24-20(30-25-18)21(29-3)9-4-5-10-21/h6-8,11-12H,4-5,9-10H2,1-3H3. The van der Waals surface area contributed by atoms with Crippen molar-refractivity contribution in [1.82, 2.24) is 24.1 Å². The van der Waals surface area contributed by atoms with E-state index in [1.807, 2.05) is 26.0 Å². The van der Waals surface area contributed by atoms with Crippen LogP contribution in [0.15, 0.2) is 33.8 Å². The number of methoxy groups -OCH3 is 1. The van der Waals surface area contributed by atoms with Crippen molar-refractivity contribution < 1.29 is 9.26 Å². The van der Waals surface area contributed by atoms with Gasteiger partial charge in [-0.25, -0.2) is 4.98 Å². The minimum absolute atomic E-state index is 0.0938. The van der Waals surface area contributed by atoms with Crippen molar-refractivity contribution in [3.8, 4) is 11.5 Å². The summed E-state index contributed by atoms with van der Waals surface area (Å²) < 4.78 is 14.8. The van der Waals surface area contributed by atoms with Crippen LogP contribution in [0.1, 0.15) is 51.5 Å². The summed E-state index contributed by atoms with van der Waals surface area (Å²) in [6.07, 6.45) is 5.36. The molecule has 3 heterocycles. The fourth-order valence-corrected chi connectivity index (χ4v) is 4.76. The van der Waals surface area contributed by atoms with Gasteiger partial charge in [-0.1, -0.05) is 22.8 Å². The highest BCUT2D eigenvalue weighted by atomic mass is 35.5. The van der Waals surface area contributed by atoms with Gasteiger partial charge in [-0.3, -0.25) is 9.20 Å². The average molecular weight is 428 g/mol. The second kappa shape index (κ2) is 6.92. The first-order valence-electron chi connectivity index (χ1n) is 10.1. The van der Waals surface area contributed by atoms with Crippen LogP contribution in [0, 0.1) is 0 Å². The number of nitrogens with zero attached hydrogens (tertiary/aromatic N) is 5. The Morgan fingerprint density at radius 3 is 2.70 bits per heavy atom. The maximum atomic E-state index is 13.5. The molecule has 0 amide bonds. The van der Waals surface area contributed by atoms with Gasteiger partial charge in [0.25, 0.3) is 11.4 Å². The molecule has 5 rings (SSSR count). The van der Waals surface area contributed by atoms with E-state index in [0.29, 0.717) is 27.6 Å². The fourth-order valence-electron chi connectivity index (χ4n) is 4.50. The number of hydrogen-bond acceptors (Lipinski definition) is 6. The second-order valence-electron chi connectivity index (χ2n) is 8.02. The van der Waals surface area contributed by atoms with Crippen molar-refractivity contribution in [2.75, 3.05) is 7.11 Å². The van der Waals surface area contributed by atoms with E-state index in [9.17, 15) is 4.79 Å². The molecule has 1 aliphatic carbocycles. The molecule has 9 heteroatoms. The molecule has 1 aromatic carbocycles. The number of rotatable bonds is 4. The molecule has 156 valence electrons. The zero-order valence-corrected chi connectivity index (χ0v) is 17.8. The molecule has 0 atom stereocenters. The zero-order chi connectivity index (χ0) is 21.0. The van der Waals surface area contributed by atoms with Crippen LogP contribution in [0.4, 0.5) is 0 Å². The first-order valence-corrected chi connectivity index (χ1v) is 10.4. The molecular weight excluding hydrogens is 406 g/mol. The lowest BCUT2D eigenvalue weighted by Gasteiger charge is -2.21. The number of hydrogen-bond donors (Lipinski definition) is 0. The van der Waals surface area contributed by atoms with Crippen LogP contribution in [-0.4, -0.2) is 31.2 Å². The molecule has 0 unspecified atom stereocenters. The van der Waals surface area contributed by atoms with Gasteiger partial charge in [-0.2, -0.15) is 4.98 Å². The highest BCUT2D eigenvalue weighted by Crippen LogP contribution is 2.41. The molecule has 0 aliphatic heterocycles. The SMILES string of the molecule is COC1(c2nc(-c3ncn4c3c(=O)n(C(C)C)c3c(Cl)cccc34)no2)CCCC1. The molecule has 0 spiro atoms. The summed E-state index contributed by atoms with van der Waals surface area (Å²) in [7, 11) is 1.67. The van der Waals surface area contributed by atoms with E-state index in [1.54, 1.807) is 28.5 Å². The van der Waals surface area contributed by atoms with Crippen molar-refractivity contribution in [3.63, 3.8) is 0 Å². The first-order chi connectivity index (χ1) is 14.5. The Hall–Kier alpha value is -2.71. The third kappa shape index (κ3) is 2.63. The molecule has 3 aromatic heterocycles. The van der Waals surface area contributed by atoms with Gasteiger partial charge in [-0.05, 0) is 51.7 Å². The van der Waals surface area contributed by atoms with Crippen LogP contribution in [-0.2, 0) is 10.3 Å². The Bertz CT molecular complexity index is 1310. The third-order valence-electron chi connectivity index (χ3n) is 6.00. The van der Waals surface area contributed by atoms with E-state index in [4.69, 9.17) is 20.9 Å². The lowest BCUT2D eigenvalue weighted by molar-refractivity contribution is -0.0342. The van der Waals surface area contributed by atoms with Crippen LogP contribution >= 0.6 is 11.6 Å². The Labute approximate surface area is 177 Å². The van der Waals surface area contributed by atoms with Crippen LogP contribution in [0.5, 0.6) is 0 Å².